The molecule has 6 heteroatoms. The molecule has 0 amide bonds. The third kappa shape index (κ3) is 57.6. The number of carbonyl (C=O) groups is 3. The van der Waals surface area contributed by atoms with Crippen LogP contribution in [0.1, 0.15) is 303 Å². The summed E-state index contributed by atoms with van der Waals surface area (Å²) in [6.07, 6.45) is 76.1. The molecule has 410 valence electrons. The van der Waals surface area contributed by atoms with E-state index in [9.17, 15) is 14.4 Å². The number of ether oxygens (including phenoxy) is 3. The van der Waals surface area contributed by atoms with Gasteiger partial charge in [0.25, 0.3) is 0 Å². The number of hydrogen-bond donors (Lipinski definition) is 0. The van der Waals surface area contributed by atoms with Crippen LogP contribution in [-0.2, 0) is 28.6 Å². The molecule has 0 aromatic rings. The van der Waals surface area contributed by atoms with Gasteiger partial charge in [-0.3, -0.25) is 14.4 Å². The smallest absolute Gasteiger partial charge is 0.306 e. The predicted octanol–water partition coefficient (Wildman–Crippen LogP) is 20.5. The summed E-state index contributed by atoms with van der Waals surface area (Å²) in [4.78, 5) is 38.2. The van der Waals surface area contributed by atoms with E-state index in [1.807, 2.05) is 0 Å². The normalized spacial score (nSPS) is 12.5. The van der Waals surface area contributed by atoms with Crippen LogP contribution in [0.25, 0.3) is 0 Å². The van der Waals surface area contributed by atoms with Crippen molar-refractivity contribution in [3.63, 3.8) is 0 Å². The molecule has 0 fully saturated rings. The fourth-order valence-electron chi connectivity index (χ4n) is 8.52. The summed E-state index contributed by atoms with van der Waals surface area (Å²) in [5, 5.41) is 0. The second-order valence-electron chi connectivity index (χ2n) is 20.2. The zero-order chi connectivity index (χ0) is 51.4. The largest absolute Gasteiger partial charge is 0.462 e. The van der Waals surface area contributed by atoms with Crippen molar-refractivity contribution in [2.24, 2.45) is 0 Å². The summed E-state index contributed by atoms with van der Waals surface area (Å²) in [6, 6.07) is 0. The lowest BCUT2D eigenvalue weighted by Crippen LogP contribution is -2.30. The summed E-state index contributed by atoms with van der Waals surface area (Å²) < 4.78 is 16.9. The van der Waals surface area contributed by atoms with E-state index < -0.39 is 6.10 Å². The Labute approximate surface area is 440 Å². The van der Waals surface area contributed by atoms with Gasteiger partial charge in [-0.1, -0.05) is 248 Å². The Morgan fingerprint density at radius 3 is 0.845 bits per heavy atom. The van der Waals surface area contributed by atoms with Gasteiger partial charge in [0.1, 0.15) is 13.2 Å². The first-order valence-electron chi connectivity index (χ1n) is 30.4. The molecule has 71 heavy (non-hydrogen) atoms. The minimum Gasteiger partial charge on any atom is -0.462 e. The molecule has 0 aliphatic heterocycles. The number of allylic oxidation sites excluding steroid dienone is 12. The number of unbranched alkanes of at least 4 members (excludes halogenated alkanes) is 32. The Balaban J connectivity index is 4.37. The van der Waals surface area contributed by atoms with Gasteiger partial charge in [-0.2, -0.15) is 0 Å². The van der Waals surface area contributed by atoms with Crippen molar-refractivity contribution in [1.82, 2.24) is 0 Å². The van der Waals surface area contributed by atoms with E-state index in [4.69, 9.17) is 14.2 Å². The molecule has 0 aromatic carbocycles. The summed E-state index contributed by atoms with van der Waals surface area (Å²) in [6.45, 7) is 6.58. The molecule has 0 bridgehead atoms. The Morgan fingerprint density at radius 1 is 0.282 bits per heavy atom. The predicted molar refractivity (Wildman–Crippen MR) is 307 cm³/mol. The first kappa shape index (κ1) is 67.8. The van der Waals surface area contributed by atoms with Gasteiger partial charge in [0.2, 0.25) is 0 Å². The lowest BCUT2D eigenvalue weighted by atomic mass is 10.1. The number of rotatable bonds is 55. The quantitative estimate of drug-likeness (QED) is 0.0261. The van der Waals surface area contributed by atoms with Gasteiger partial charge in [-0.15, -0.1) is 0 Å². The average molecular weight is 992 g/mol. The molecule has 0 heterocycles. The Hall–Kier alpha value is -3.15. The topological polar surface area (TPSA) is 78.9 Å². The van der Waals surface area contributed by atoms with Crippen molar-refractivity contribution in [3.05, 3.63) is 72.9 Å². The molecule has 0 spiro atoms. The van der Waals surface area contributed by atoms with Crippen LogP contribution in [0.2, 0.25) is 0 Å². The van der Waals surface area contributed by atoms with Crippen LogP contribution in [0, 0.1) is 0 Å². The lowest BCUT2D eigenvalue weighted by Gasteiger charge is -2.18. The van der Waals surface area contributed by atoms with Gasteiger partial charge in [0, 0.05) is 19.3 Å². The number of carbonyl (C=O) groups excluding carboxylic acids is 3. The second kappa shape index (κ2) is 59.4. The van der Waals surface area contributed by atoms with E-state index >= 15 is 0 Å². The van der Waals surface area contributed by atoms with Crippen molar-refractivity contribution in [3.8, 4) is 0 Å². The van der Waals surface area contributed by atoms with Crippen molar-refractivity contribution in [2.45, 2.75) is 309 Å². The van der Waals surface area contributed by atoms with Crippen molar-refractivity contribution >= 4 is 17.9 Å². The molecule has 0 N–H and O–H groups in total. The fourth-order valence-corrected chi connectivity index (χ4v) is 8.52. The molecular weight excluding hydrogens is 877 g/mol. The summed E-state index contributed by atoms with van der Waals surface area (Å²) in [7, 11) is 0. The van der Waals surface area contributed by atoms with Gasteiger partial charge in [-0.25, -0.2) is 0 Å². The van der Waals surface area contributed by atoms with Gasteiger partial charge in [0.05, 0.1) is 0 Å². The maximum atomic E-state index is 12.9. The van der Waals surface area contributed by atoms with E-state index in [0.717, 1.165) is 109 Å². The van der Waals surface area contributed by atoms with E-state index in [1.54, 1.807) is 0 Å². The highest BCUT2D eigenvalue weighted by Gasteiger charge is 2.19. The van der Waals surface area contributed by atoms with Crippen molar-refractivity contribution in [2.75, 3.05) is 13.2 Å². The number of esters is 3. The van der Waals surface area contributed by atoms with E-state index in [0.29, 0.717) is 19.3 Å². The molecule has 0 aliphatic rings. The second-order valence-corrected chi connectivity index (χ2v) is 20.2. The first-order chi connectivity index (χ1) is 35.0. The van der Waals surface area contributed by atoms with Gasteiger partial charge in [0.15, 0.2) is 6.10 Å². The Bertz CT molecular complexity index is 1320. The SMILES string of the molecule is CCCC/C=C\C/C=C\CCCCCCCC(=O)OCC(COC(=O)CCCCCCCCCC/C=C\C/C=C\C/C=C\CCCCCCC)OC(=O)CCCCCCC/C=C\CCCCCCCCC. The zero-order valence-electron chi connectivity index (χ0n) is 47.0. The van der Waals surface area contributed by atoms with Crippen molar-refractivity contribution in [1.29, 1.82) is 0 Å². The molecule has 6 nitrogen and oxygen atoms in total. The van der Waals surface area contributed by atoms with Gasteiger partial charge < -0.3 is 14.2 Å². The van der Waals surface area contributed by atoms with E-state index in [-0.39, 0.29) is 31.1 Å². The molecule has 1 atom stereocenters. The highest BCUT2D eigenvalue weighted by atomic mass is 16.6. The molecule has 0 aromatic heterocycles. The average Bonchev–Trinajstić information content (AvgIpc) is 3.37. The lowest BCUT2D eigenvalue weighted by molar-refractivity contribution is -0.167. The third-order valence-corrected chi connectivity index (χ3v) is 13.2. The fraction of sp³-hybridized carbons (Fsp3) is 0.769. The highest BCUT2D eigenvalue weighted by Crippen LogP contribution is 2.15. The van der Waals surface area contributed by atoms with Crippen LogP contribution in [0.5, 0.6) is 0 Å². The van der Waals surface area contributed by atoms with Gasteiger partial charge >= 0.3 is 17.9 Å². The monoisotopic (exact) mass is 991 g/mol. The zero-order valence-corrected chi connectivity index (χ0v) is 47.0. The van der Waals surface area contributed by atoms with E-state index in [2.05, 4.69) is 93.7 Å². The van der Waals surface area contributed by atoms with Crippen LogP contribution >= 0.6 is 0 Å². The molecule has 0 aliphatic carbocycles. The minimum absolute atomic E-state index is 0.0865. The molecular formula is C65H114O6. The molecule has 1 unspecified atom stereocenters. The highest BCUT2D eigenvalue weighted by molar-refractivity contribution is 5.71. The number of hydrogen-bond acceptors (Lipinski definition) is 6. The summed E-state index contributed by atoms with van der Waals surface area (Å²) in [5.74, 6) is -0.906. The standard InChI is InChI=1S/C65H114O6/c1-4-7-10-13-16-19-22-25-28-30-31-32-33-34-35-36-38-40-43-46-49-52-55-58-64(67)70-61-62(60-69-63(66)57-54-51-48-45-42-39-27-24-21-18-15-12-9-6-3)71-65(68)59-56-53-50-47-44-41-37-29-26-23-20-17-14-11-8-5-2/h15,18,22,24-25,27,29-31,33-34,37,62H,4-14,16-17,19-21,23,26,28,32,35-36,38-61H2,1-3H3/b18-15-,25-22-,27-24-,31-30-,34-33-,37-29-. The Kier molecular flexibility index (Phi) is 56.8. The maximum Gasteiger partial charge on any atom is 0.306 e. The maximum absolute atomic E-state index is 12.9. The van der Waals surface area contributed by atoms with Gasteiger partial charge in [-0.05, 0) is 109 Å². The minimum atomic E-state index is -0.789. The van der Waals surface area contributed by atoms with Crippen LogP contribution < -0.4 is 0 Å². The molecule has 0 rings (SSSR count). The Morgan fingerprint density at radius 2 is 0.521 bits per heavy atom. The molecule has 0 saturated carbocycles. The van der Waals surface area contributed by atoms with Crippen LogP contribution in [0.15, 0.2) is 72.9 Å². The van der Waals surface area contributed by atoms with E-state index in [1.165, 1.54) is 154 Å². The third-order valence-electron chi connectivity index (χ3n) is 13.2. The van der Waals surface area contributed by atoms with Crippen LogP contribution in [0.3, 0.4) is 0 Å². The first-order valence-corrected chi connectivity index (χ1v) is 30.4. The summed E-state index contributed by atoms with van der Waals surface area (Å²) in [5.41, 5.74) is 0. The molecule has 0 saturated heterocycles. The van der Waals surface area contributed by atoms with Crippen LogP contribution in [-0.4, -0.2) is 37.2 Å². The van der Waals surface area contributed by atoms with Crippen LogP contribution in [0.4, 0.5) is 0 Å². The summed E-state index contributed by atoms with van der Waals surface area (Å²) >= 11 is 0. The molecule has 0 radical (unpaired) electrons. The van der Waals surface area contributed by atoms with Crippen molar-refractivity contribution < 1.29 is 28.6 Å².